The third-order valence-corrected chi connectivity index (χ3v) is 3.88. The molecule has 0 rings (SSSR count). The van der Waals surface area contributed by atoms with Crippen LogP contribution in [0.15, 0.2) is 0 Å². The Hall–Kier alpha value is -0.130. The van der Waals surface area contributed by atoms with Crippen LogP contribution < -0.4 is 0 Å². The van der Waals surface area contributed by atoms with Crippen molar-refractivity contribution < 1.29 is 19.7 Å². The summed E-state index contributed by atoms with van der Waals surface area (Å²) in [6, 6.07) is 0. The van der Waals surface area contributed by atoms with Gasteiger partial charge >= 0.3 is 0 Å². The maximum atomic E-state index is 9.25. The Labute approximate surface area is 144 Å². The Kier molecular flexibility index (Phi) is 22.9. The van der Waals surface area contributed by atoms with Crippen LogP contribution in [0.3, 0.4) is 0 Å². The van der Waals surface area contributed by atoms with E-state index in [1.54, 1.807) is 0 Å². The second kappa shape index (κ2) is 20.9. The first-order chi connectivity index (χ1) is 10.5. The number of carboxylic acid groups (broad SMARTS) is 1. The molecule has 0 saturated carbocycles. The molecule has 0 amide bonds. The zero-order valence-corrected chi connectivity index (χ0v) is 15.9. The summed E-state index contributed by atoms with van der Waals surface area (Å²) in [6.45, 7) is 4.60. The van der Waals surface area contributed by atoms with Crippen molar-refractivity contribution in [2.45, 2.75) is 84.2 Å². The highest BCUT2D eigenvalue weighted by Crippen LogP contribution is 2.10. The van der Waals surface area contributed by atoms with Crippen LogP contribution in [0, 0.1) is 0 Å². The second-order valence-corrected chi connectivity index (χ2v) is 6.23. The fraction of sp³-hybridized carbons (Fsp3) is 0.941. The average molecular weight is 383 g/mol. The van der Waals surface area contributed by atoms with Gasteiger partial charge in [0.15, 0.2) is 0 Å². The van der Waals surface area contributed by atoms with E-state index in [0.717, 1.165) is 20.0 Å². The summed E-state index contributed by atoms with van der Waals surface area (Å²) >= 11 is 3.22. The molecule has 0 saturated heterocycles. The lowest BCUT2D eigenvalue weighted by molar-refractivity contribution is -0.134. The fourth-order valence-electron chi connectivity index (χ4n) is 1.96. The van der Waals surface area contributed by atoms with Crippen LogP contribution in [0.1, 0.15) is 78.1 Å². The molecule has 0 aliphatic rings. The van der Waals surface area contributed by atoms with Crippen LogP contribution in [0.4, 0.5) is 0 Å². The van der Waals surface area contributed by atoms with Crippen LogP contribution in [-0.4, -0.2) is 40.8 Å². The zero-order valence-electron chi connectivity index (χ0n) is 14.4. The highest BCUT2D eigenvalue weighted by atomic mass is 79.9. The highest BCUT2D eigenvalue weighted by Gasteiger charge is 2.00. The molecule has 0 radical (unpaired) electrons. The lowest BCUT2D eigenvalue weighted by Gasteiger charge is -2.07. The van der Waals surface area contributed by atoms with E-state index in [9.17, 15) is 5.11 Å². The van der Waals surface area contributed by atoms with Crippen LogP contribution in [0.2, 0.25) is 0 Å². The van der Waals surface area contributed by atoms with Crippen molar-refractivity contribution >= 4 is 21.9 Å². The molecule has 2 N–H and O–H groups in total. The third-order valence-electron chi connectivity index (χ3n) is 3.13. The molecule has 4 nitrogen and oxygen atoms in total. The molecule has 134 valence electrons. The standard InChI is InChI=1S/C15H31BrO2.C2H4O2/c1-2-3-4-5-6-7-8-9-10-11-12-18-14-15(17)13-16;1-2(3)4/h15,17H,2-14H2,1H3;1H3,(H,3,4). The summed E-state index contributed by atoms with van der Waals surface area (Å²) in [6.07, 6.45) is 13.1. The van der Waals surface area contributed by atoms with Crippen molar-refractivity contribution in [3.8, 4) is 0 Å². The lowest BCUT2D eigenvalue weighted by Crippen LogP contribution is -2.16. The Morgan fingerprint density at radius 2 is 1.41 bits per heavy atom. The van der Waals surface area contributed by atoms with Gasteiger partial charge in [-0.15, -0.1) is 0 Å². The van der Waals surface area contributed by atoms with Crippen LogP contribution in [0.5, 0.6) is 0 Å². The van der Waals surface area contributed by atoms with Crippen molar-refractivity contribution in [2.24, 2.45) is 0 Å². The number of aliphatic carboxylic acids is 1. The van der Waals surface area contributed by atoms with Gasteiger partial charge in [0.25, 0.3) is 5.97 Å². The number of aliphatic hydroxyl groups excluding tert-OH is 1. The summed E-state index contributed by atoms with van der Waals surface area (Å²) in [5.41, 5.74) is 0. The summed E-state index contributed by atoms with van der Waals surface area (Å²) in [4.78, 5) is 9.00. The summed E-state index contributed by atoms with van der Waals surface area (Å²) in [5, 5.41) is 17.3. The number of rotatable bonds is 14. The van der Waals surface area contributed by atoms with E-state index in [2.05, 4.69) is 22.9 Å². The fourth-order valence-corrected chi connectivity index (χ4v) is 2.14. The molecule has 0 bridgehead atoms. The smallest absolute Gasteiger partial charge is 0.300 e. The van der Waals surface area contributed by atoms with Crippen LogP contribution in [-0.2, 0) is 9.53 Å². The van der Waals surface area contributed by atoms with Crippen molar-refractivity contribution in [1.29, 1.82) is 0 Å². The normalized spacial score (nSPS) is 11.6. The third kappa shape index (κ3) is 28.1. The summed E-state index contributed by atoms with van der Waals surface area (Å²) in [7, 11) is 0. The van der Waals surface area contributed by atoms with Crippen molar-refractivity contribution in [2.75, 3.05) is 18.5 Å². The maximum Gasteiger partial charge on any atom is 0.300 e. The van der Waals surface area contributed by atoms with Gasteiger partial charge in [-0.05, 0) is 6.42 Å². The lowest BCUT2D eigenvalue weighted by atomic mass is 10.1. The molecule has 22 heavy (non-hydrogen) atoms. The quantitative estimate of drug-likeness (QED) is 0.335. The number of ether oxygens (including phenoxy) is 1. The molecule has 0 aliphatic heterocycles. The monoisotopic (exact) mass is 382 g/mol. The first kappa shape index (κ1) is 24.1. The first-order valence-electron chi connectivity index (χ1n) is 8.55. The molecule has 0 aromatic carbocycles. The number of halogens is 1. The van der Waals surface area contributed by atoms with Gasteiger partial charge in [0, 0.05) is 18.9 Å². The minimum Gasteiger partial charge on any atom is -0.481 e. The SMILES string of the molecule is CC(=O)O.CCCCCCCCCCCCOCC(O)CBr. The molecular formula is C17H35BrO4. The van der Waals surface area contributed by atoms with Gasteiger partial charge < -0.3 is 14.9 Å². The molecule has 0 aromatic rings. The van der Waals surface area contributed by atoms with E-state index in [0.29, 0.717) is 11.9 Å². The van der Waals surface area contributed by atoms with E-state index in [1.165, 1.54) is 57.8 Å². The average Bonchev–Trinajstić information content (AvgIpc) is 2.47. The number of hydrogen-bond acceptors (Lipinski definition) is 3. The Morgan fingerprint density at radius 1 is 1.00 bits per heavy atom. The van der Waals surface area contributed by atoms with Crippen LogP contribution in [0.25, 0.3) is 0 Å². The molecular weight excluding hydrogens is 348 g/mol. The predicted molar refractivity (Wildman–Crippen MR) is 95.8 cm³/mol. The molecule has 1 atom stereocenters. The number of unbranched alkanes of at least 4 members (excludes halogenated alkanes) is 9. The van der Waals surface area contributed by atoms with E-state index in [1.807, 2.05) is 0 Å². The van der Waals surface area contributed by atoms with E-state index in [4.69, 9.17) is 14.6 Å². The highest BCUT2D eigenvalue weighted by molar-refractivity contribution is 9.09. The van der Waals surface area contributed by atoms with Gasteiger partial charge in [-0.1, -0.05) is 80.6 Å². The Balaban J connectivity index is 0. The number of carboxylic acids is 1. The second-order valence-electron chi connectivity index (χ2n) is 5.58. The molecule has 0 fully saturated rings. The molecule has 0 heterocycles. The number of alkyl halides is 1. The molecule has 5 heteroatoms. The minimum atomic E-state index is -0.833. The van der Waals surface area contributed by atoms with E-state index in [-0.39, 0.29) is 6.10 Å². The summed E-state index contributed by atoms with van der Waals surface area (Å²) < 4.78 is 5.38. The van der Waals surface area contributed by atoms with Crippen molar-refractivity contribution in [3.05, 3.63) is 0 Å². The minimum absolute atomic E-state index is 0.354. The number of aliphatic hydroxyl groups is 1. The van der Waals surface area contributed by atoms with E-state index < -0.39 is 5.97 Å². The topological polar surface area (TPSA) is 66.8 Å². The van der Waals surface area contributed by atoms with Gasteiger partial charge in [-0.2, -0.15) is 0 Å². The number of hydrogen-bond donors (Lipinski definition) is 2. The zero-order chi connectivity index (χ0) is 17.1. The van der Waals surface area contributed by atoms with Gasteiger partial charge in [-0.25, -0.2) is 0 Å². The maximum absolute atomic E-state index is 9.25. The van der Waals surface area contributed by atoms with Gasteiger partial charge in [-0.3, -0.25) is 4.79 Å². The number of carbonyl (C=O) groups is 1. The largest absolute Gasteiger partial charge is 0.481 e. The van der Waals surface area contributed by atoms with Gasteiger partial charge in [0.1, 0.15) is 0 Å². The van der Waals surface area contributed by atoms with Crippen molar-refractivity contribution in [3.63, 3.8) is 0 Å². The molecule has 0 aliphatic carbocycles. The van der Waals surface area contributed by atoms with Gasteiger partial charge in [0.2, 0.25) is 0 Å². The van der Waals surface area contributed by atoms with Crippen LogP contribution >= 0.6 is 15.9 Å². The van der Waals surface area contributed by atoms with Gasteiger partial charge in [0.05, 0.1) is 12.7 Å². The first-order valence-corrected chi connectivity index (χ1v) is 9.68. The molecule has 0 spiro atoms. The predicted octanol–water partition coefficient (Wildman–Crippen LogP) is 4.77. The van der Waals surface area contributed by atoms with Crippen molar-refractivity contribution in [1.82, 2.24) is 0 Å². The molecule has 0 aromatic heterocycles. The Bertz CT molecular complexity index is 221. The summed E-state index contributed by atoms with van der Waals surface area (Å²) in [5.74, 6) is -0.833. The molecule has 1 unspecified atom stereocenters. The Morgan fingerprint density at radius 3 is 1.82 bits per heavy atom. The van der Waals surface area contributed by atoms with E-state index >= 15 is 0 Å².